The van der Waals surface area contributed by atoms with Gasteiger partial charge in [0.1, 0.15) is 0 Å². The molecule has 1 aromatic rings. The lowest BCUT2D eigenvalue weighted by Crippen LogP contribution is -2.36. The molecule has 0 bridgehead atoms. The molecule has 0 aliphatic rings. The molecule has 3 N–H and O–H groups in total. The Morgan fingerprint density at radius 1 is 1.47 bits per heavy atom. The van der Waals surface area contributed by atoms with Gasteiger partial charge in [-0.3, -0.25) is 4.79 Å². The van der Waals surface area contributed by atoms with E-state index < -0.39 is 0 Å². The van der Waals surface area contributed by atoms with Crippen LogP contribution in [0.5, 0.6) is 0 Å². The highest BCUT2D eigenvalue weighted by atomic mass is 32.2. The Morgan fingerprint density at radius 3 is 2.65 bits per heavy atom. The van der Waals surface area contributed by atoms with Crippen LogP contribution >= 0.6 is 11.8 Å². The fourth-order valence-electron chi connectivity index (χ4n) is 1.35. The fraction of sp³-hybridized carbons (Fsp3) is 0.462. The van der Waals surface area contributed by atoms with E-state index in [1.807, 2.05) is 25.3 Å². The summed E-state index contributed by atoms with van der Waals surface area (Å²) in [5, 5.41) is 2.91. The summed E-state index contributed by atoms with van der Waals surface area (Å²) in [6.07, 6.45) is 2.03. The van der Waals surface area contributed by atoms with E-state index in [1.54, 1.807) is 17.8 Å². The molecule has 94 valence electrons. The highest BCUT2D eigenvalue weighted by molar-refractivity contribution is 7.99. The maximum atomic E-state index is 11.9. The van der Waals surface area contributed by atoms with E-state index in [1.165, 1.54) is 0 Å². The SMILES string of the molecule is CSC(C)(C)CNC(=O)c1ccc(C)cc1N. The Balaban J connectivity index is 2.71. The zero-order valence-corrected chi connectivity index (χ0v) is 11.6. The van der Waals surface area contributed by atoms with Crippen molar-refractivity contribution in [1.82, 2.24) is 5.32 Å². The Kier molecular flexibility index (Phi) is 4.46. The molecule has 1 rings (SSSR count). The van der Waals surface area contributed by atoms with Crippen LogP contribution in [0.15, 0.2) is 18.2 Å². The first kappa shape index (κ1) is 13.9. The van der Waals surface area contributed by atoms with Crippen LogP contribution in [-0.2, 0) is 0 Å². The quantitative estimate of drug-likeness (QED) is 0.809. The standard InChI is InChI=1S/C13H20N2OS/c1-9-5-6-10(11(14)7-9)12(16)15-8-13(2,3)17-4/h5-7H,8,14H2,1-4H3,(H,15,16). The number of carbonyl (C=O) groups is 1. The van der Waals surface area contributed by atoms with Gasteiger partial charge >= 0.3 is 0 Å². The van der Waals surface area contributed by atoms with Crippen molar-refractivity contribution in [1.29, 1.82) is 0 Å². The Hall–Kier alpha value is -1.16. The smallest absolute Gasteiger partial charge is 0.253 e. The second-order valence-electron chi connectivity index (χ2n) is 4.74. The molecule has 0 saturated heterocycles. The molecule has 0 heterocycles. The first-order valence-corrected chi connectivity index (χ1v) is 6.78. The summed E-state index contributed by atoms with van der Waals surface area (Å²) in [7, 11) is 0. The van der Waals surface area contributed by atoms with Crippen molar-refractivity contribution in [2.24, 2.45) is 0 Å². The van der Waals surface area contributed by atoms with Crippen molar-refractivity contribution in [3.05, 3.63) is 29.3 Å². The molecule has 0 spiro atoms. The van der Waals surface area contributed by atoms with Gasteiger partial charge in [0.2, 0.25) is 0 Å². The number of aryl methyl sites for hydroxylation is 1. The number of anilines is 1. The maximum Gasteiger partial charge on any atom is 0.253 e. The van der Waals surface area contributed by atoms with Gasteiger partial charge < -0.3 is 11.1 Å². The number of benzene rings is 1. The van der Waals surface area contributed by atoms with Gasteiger partial charge in [0, 0.05) is 17.0 Å². The van der Waals surface area contributed by atoms with Gasteiger partial charge in [-0.15, -0.1) is 0 Å². The minimum atomic E-state index is -0.107. The van der Waals surface area contributed by atoms with Crippen LogP contribution in [0.2, 0.25) is 0 Å². The summed E-state index contributed by atoms with van der Waals surface area (Å²) in [6, 6.07) is 5.48. The van der Waals surface area contributed by atoms with Crippen LogP contribution in [0.1, 0.15) is 29.8 Å². The average molecular weight is 252 g/mol. The van der Waals surface area contributed by atoms with Crippen molar-refractivity contribution < 1.29 is 4.79 Å². The molecule has 4 heteroatoms. The van der Waals surface area contributed by atoms with Crippen LogP contribution in [0, 0.1) is 6.92 Å². The topological polar surface area (TPSA) is 55.1 Å². The lowest BCUT2D eigenvalue weighted by atomic mass is 10.1. The number of nitrogens with one attached hydrogen (secondary N) is 1. The van der Waals surface area contributed by atoms with E-state index in [4.69, 9.17) is 5.73 Å². The van der Waals surface area contributed by atoms with Crippen LogP contribution in [-0.4, -0.2) is 23.5 Å². The molecule has 1 amide bonds. The number of thioether (sulfide) groups is 1. The maximum absolute atomic E-state index is 11.9. The summed E-state index contributed by atoms with van der Waals surface area (Å²) in [5.41, 5.74) is 7.97. The van der Waals surface area contributed by atoms with Crippen LogP contribution < -0.4 is 11.1 Å². The number of hydrogen-bond donors (Lipinski definition) is 2. The monoisotopic (exact) mass is 252 g/mol. The van der Waals surface area contributed by atoms with E-state index in [2.05, 4.69) is 19.2 Å². The summed E-state index contributed by atoms with van der Waals surface area (Å²) in [6.45, 7) is 6.77. The molecule has 0 aromatic heterocycles. The van der Waals surface area contributed by atoms with Crippen molar-refractivity contribution in [2.45, 2.75) is 25.5 Å². The fourth-order valence-corrected chi connectivity index (χ4v) is 1.57. The number of amides is 1. The molecular formula is C13H20N2OS. The van der Waals surface area contributed by atoms with Gasteiger partial charge in [0.15, 0.2) is 0 Å². The third kappa shape index (κ3) is 3.97. The van der Waals surface area contributed by atoms with Gasteiger partial charge in [-0.1, -0.05) is 6.07 Å². The molecule has 0 unspecified atom stereocenters. The van der Waals surface area contributed by atoms with Gasteiger partial charge in [0.25, 0.3) is 5.91 Å². The molecule has 0 radical (unpaired) electrons. The third-order valence-corrected chi connectivity index (χ3v) is 3.93. The minimum Gasteiger partial charge on any atom is -0.398 e. The number of nitrogen functional groups attached to an aromatic ring is 1. The lowest BCUT2D eigenvalue weighted by molar-refractivity contribution is 0.0951. The normalized spacial score (nSPS) is 11.3. The highest BCUT2D eigenvalue weighted by Crippen LogP contribution is 2.20. The first-order valence-electron chi connectivity index (χ1n) is 5.55. The predicted octanol–water partition coefficient (Wildman–Crippen LogP) is 2.45. The summed E-state index contributed by atoms with van der Waals surface area (Å²) in [5.74, 6) is -0.107. The lowest BCUT2D eigenvalue weighted by Gasteiger charge is -2.22. The highest BCUT2D eigenvalue weighted by Gasteiger charge is 2.18. The summed E-state index contributed by atoms with van der Waals surface area (Å²) >= 11 is 1.72. The minimum absolute atomic E-state index is 0.0368. The van der Waals surface area contributed by atoms with Crippen LogP contribution in [0.4, 0.5) is 5.69 Å². The van der Waals surface area contributed by atoms with E-state index in [0.29, 0.717) is 17.8 Å². The number of carbonyl (C=O) groups excluding carboxylic acids is 1. The predicted molar refractivity (Wildman–Crippen MR) is 75.5 cm³/mol. The van der Waals surface area contributed by atoms with Gasteiger partial charge in [-0.05, 0) is 44.7 Å². The zero-order valence-electron chi connectivity index (χ0n) is 10.8. The second kappa shape index (κ2) is 5.45. The molecule has 0 aliphatic heterocycles. The van der Waals surface area contributed by atoms with Gasteiger partial charge in [-0.2, -0.15) is 11.8 Å². The molecule has 0 saturated carbocycles. The average Bonchev–Trinajstić information content (AvgIpc) is 2.26. The van der Waals surface area contributed by atoms with Gasteiger partial charge in [-0.25, -0.2) is 0 Å². The molecule has 17 heavy (non-hydrogen) atoms. The number of hydrogen-bond acceptors (Lipinski definition) is 3. The van der Waals surface area contributed by atoms with Gasteiger partial charge in [0.05, 0.1) is 5.56 Å². The molecular weight excluding hydrogens is 232 g/mol. The first-order chi connectivity index (χ1) is 7.85. The Morgan fingerprint density at radius 2 is 2.12 bits per heavy atom. The van der Waals surface area contributed by atoms with Crippen molar-refractivity contribution in [2.75, 3.05) is 18.5 Å². The largest absolute Gasteiger partial charge is 0.398 e. The van der Waals surface area contributed by atoms with Crippen molar-refractivity contribution >= 4 is 23.4 Å². The Bertz CT molecular complexity index is 416. The van der Waals surface area contributed by atoms with E-state index in [-0.39, 0.29) is 10.7 Å². The molecule has 3 nitrogen and oxygen atoms in total. The van der Waals surface area contributed by atoms with E-state index >= 15 is 0 Å². The molecule has 0 fully saturated rings. The van der Waals surface area contributed by atoms with Crippen molar-refractivity contribution in [3.8, 4) is 0 Å². The third-order valence-electron chi connectivity index (χ3n) is 2.68. The molecule has 1 aromatic carbocycles. The summed E-state index contributed by atoms with van der Waals surface area (Å²) < 4.78 is 0.0368. The summed E-state index contributed by atoms with van der Waals surface area (Å²) in [4.78, 5) is 11.9. The number of rotatable bonds is 4. The second-order valence-corrected chi connectivity index (χ2v) is 6.25. The number of nitrogens with two attached hydrogens (primary N) is 1. The molecule has 0 aliphatic carbocycles. The Labute approximate surface area is 107 Å². The van der Waals surface area contributed by atoms with Crippen molar-refractivity contribution in [3.63, 3.8) is 0 Å². The molecule has 0 atom stereocenters. The van der Waals surface area contributed by atoms with Crippen LogP contribution in [0.3, 0.4) is 0 Å². The van der Waals surface area contributed by atoms with E-state index in [0.717, 1.165) is 5.56 Å². The van der Waals surface area contributed by atoms with Crippen LogP contribution in [0.25, 0.3) is 0 Å². The zero-order chi connectivity index (χ0) is 13.1. The van der Waals surface area contributed by atoms with E-state index in [9.17, 15) is 4.79 Å².